The summed E-state index contributed by atoms with van der Waals surface area (Å²) < 4.78 is 6.27. The van der Waals surface area contributed by atoms with Crippen molar-refractivity contribution in [3.05, 3.63) is 51.7 Å². The molecule has 2 aromatic rings. The fourth-order valence-electron chi connectivity index (χ4n) is 3.92. The van der Waals surface area contributed by atoms with Crippen LogP contribution in [0.5, 0.6) is 0 Å². The summed E-state index contributed by atoms with van der Waals surface area (Å²) in [7, 11) is 0. The molecular weight excluding hydrogens is 302 g/mol. The van der Waals surface area contributed by atoms with Gasteiger partial charge in [-0.05, 0) is 52.3 Å². The van der Waals surface area contributed by atoms with E-state index in [1.807, 2.05) is 0 Å². The Morgan fingerprint density at radius 1 is 1.22 bits per heavy atom. The Hall–Kier alpha value is -1.32. The van der Waals surface area contributed by atoms with Gasteiger partial charge in [-0.25, -0.2) is 0 Å². The zero-order valence-corrected chi connectivity index (χ0v) is 15.0. The molecule has 2 aliphatic rings. The summed E-state index contributed by atoms with van der Waals surface area (Å²) in [6.07, 6.45) is 2.63. The Morgan fingerprint density at radius 2 is 2.09 bits per heavy atom. The fraction of sp³-hybridized carbons (Fsp3) is 0.500. The van der Waals surface area contributed by atoms with Crippen LogP contribution in [0.4, 0.5) is 5.69 Å². The highest BCUT2D eigenvalue weighted by molar-refractivity contribution is 7.08. The van der Waals surface area contributed by atoms with E-state index in [2.05, 4.69) is 61.1 Å². The van der Waals surface area contributed by atoms with Crippen LogP contribution in [0.25, 0.3) is 0 Å². The van der Waals surface area contributed by atoms with Gasteiger partial charge < -0.3 is 10.1 Å². The van der Waals surface area contributed by atoms with E-state index >= 15 is 0 Å². The second-order valence-electron chi connectivity index (χ2n) is 7.83. The molecule has 0 aliphatic carbocycles. The van der Waals surface area contributed by atoms with Crippen molar-refractivity contribution >= 4 is 17.0 Å². The molecule has 23 heavy (non-hydrogen) atoms. The van der Waals surface area contributed by atoms with Crippen LogP contribution in [0.15, 0.2) is 35.0 Å². The SMILES string of the molecule is CC(C)(C)c1ccc2c(c1)C1OCCC[C@H]1[C@H](c1ccsc1)N2. The number of fused-ring (bicyclic) bond motifs is 3. The zero-order chi connectivity index (χ0) is 16.0. The highest BCUT2D eigenvalue weighted by Gasteiger charge is 2.40. The van der Waals surface area contributed by atoms with Crippen molar-refractivity contribution in [3.8, 4) is 0 Å². The molecule has 3 atom stereocenters. The van der Waals surface area contributed by atoms with Crippen molar-refractivity contribution in [2.75, 3.05) is 11.9 Å². The minimum atomic E-state index is 0.170. The van der Waals surface area contributed by atoms with Crippen molar-refractivity contribution in [2.45, 2.75) is 51.2 Å². The predicted octanol–water partition coefficient (Wildman–Crippen LogP) is 5.68. The Bertz CT molecular complexity index is 686. The molecule has 0 amide bonds. The molecule has 0 spiro atoms. The van der Waals surface area contributed by atoms with Gasteiger partial charge in [-0.2, -0.15) is 11.3 Å². The number of ether oxygens (including phenoxy) is 1. The number of hydrogen-bond acceptors (Lipinski definition) is 3. The number of rotatable bonds is 1. The van der Waals surface area contributed by atoms with Crippen molar-refractivity contribution in [3.63, 3.8) is 0 Å². The predicted molar refractivity (Wildman–Crippen MR) is 97.2 cm³/mol. The highest BCUT2D eigenvalue weighted by Crippen LogP contribution is 2.50. The summed E-state index contributed by atoms with van der Waals surface area (Å²) in [6.45, 7) is 7.71. The van der Waals surface area contributed by atoms with Crippen LogP contribution in [0.3, 0.4) is 0 Å². The average Bonchev–Trinajstić information content (AvgIpc) is 3.07. The third kappa shape index (κ3) is 2.70. The lowest BCUT2D eigenvalue weighted by Gasteiger charge is -2.43. The van der Waals surface area contributed by atoms with Gasteiger partial charge in [0.1, 0.15) is 0 Å². The first-order valence-corrected chi connectivity index (χ1v) is 9.53. The summed E-state index contributed by atoms with van der Waals surface area (Å²) in [4.78, 5) is 0. The molecule has 4 rings (SSSR count). The normalized spacial score (nSPS) is 27.0. The molecule has 0 bridgehead atoms. The number of thiophene rings is 1. The molecule has 1 N–H and O–H groups in total. The summed E-state index contributed by atoms with van der Waals surface area (Å²) in [5, 5.41) is 8.25. The molecule has 3 heterocycles. The van der Waals surface area contributed by atoms with Gasteiger partial charge in [-0.3, -0.25) is 0 Å². The molecular formula is C20H25NOS. The molecule has 122 valence electrons. The highest BCUT2D eigenvalue weighted by atomic mass is 32.1. The van der Waals surface area contributed by atoms with Crippen molar-refractivity contribution in [1.82, 2.24) is 0 Å². The maximum atomic E-state index is 6.27. The topological polar surface area (TPSA) is 21.3 Å². The van der Waals surface area contributed by atoms with E-state index in [1.54, 1.807) is 11.3 Å². The summed E-state index contributed by atoms with van der Waals surface area (Å²) in [5.74, 6) is 0.529. The molecule has 1 aromatic carbocycles. The quantitative estimate of drug-likeness (QED) is 0.727. The standard InChI is InChI=1S/C20H25NOS/c1-20(2,3)14-6-7-17-16(11-14)19-15(5-4-9-22-19)18(21-17)13-8-10-23-12-13/h6-8,10-12,15,18-19,21H,4-5,9H2,1-3H3/t15-,18-,19?/m0/s1. The zero-order valence-electron chi connectivity index (χ0n) is 14.1. The van der Waals surface area contributed by atoms with E-state index in [1.165, 1.54) is 28.8 Å². The van der Waals surface area contributed by atoms with Crippen molar-refractivity contribution in [1.29, 1.82) is 0 Å². The van der Waals surface area contributed by atoms with Crippen molar-refractivity contribution < 1.29 is 4.74 Å². The summed E-state index contributed by atoms with van der Waals surface area (Å²) in [5.41, 5.74) is 5.57. The minimum Gasteiger partial charge on any atom is -0.378 e. The molecule has 1 fully saturated rings. The Labute approximate surface area is 142 Å². The van der Waals surface area contributed by atoms with Crippen LogP contribution >= 0.6 is 11.3 Å². The maximum absolute atomic E-state index is 6.27. The molecule has 0 saturated carbocycles. The van der Waals surface area contributed by atoms with Gasteiger partial charge in [0, 0.05) is 23.8 Å². The molecule has 0 radical (unpaired) electrons. The largest absolute Gasteiger partial charge is 0.378 e. The van der Waals surface area contributed by atoms with Crippen LogP contribution in [0.2, 0.25) is 0 Å². The summed E-state index contributed by atoms with van der Waals surface area (Å²) >= 11 is 1.78. The lowest BCUT2D eigenvalue weighted by Crippen LogP contribution is -2.36. The second-order valence-corrected chi connectivity index (χ2v) is 8.61. The van der Waals surface area contributed by atoms with Gasteiger partial charge in [0.2, 0.25) is 0 Å². The van der Waals surface area contributed by atoms with E-state index in [9.17, 15) is 0 Å². The lowest BCUT2D eigenvalue weighted by molar-refractivity contribution is -0.0381. The van der Waals surface area contributed by atoms with E-state index in [0.29, 0.717) is 12.0 Å². The molecule has 1 aromatic heterocycles. The molecule has 2 aliphatic heterocycles. The smallest absolute Gasteiger partial charge is 0.0895 e. The average molecular weight is 327 g/mol. The molecule has 3 heteroatoms. The third-order valence-electron chi connectivity index (χ3n) is 5.23. The first-order valence-electron chi connectivity index (χ1n) is 8.59. The number of hydrogen-bond donors (Lipinski definition) is 1. The number of anilines is 1. The van der Waals surface area contributed by atoms with Gasteiger partial charge in [0.05, 0.1) is 12.1 Å². The number of nitrogens with one attached hydrogen (secondary N) is 1. The fourth-order valence-corrected chi connectivity index (χ4v) is 4.62. The Kier molecular flexibility index (Phi) is 3.73. The van der Waals surface area contributed by atoms with E-state index in [4.69, 9.17) is 4.74 Å². The van der Waals surface area contributed by atoms with Crippen LogP contribution in [0.1, 0.15) is 62.4 Å². The van der Waals surface area contributed by atoms with Gasteiger partial charge >= 0.3 is 0 Å². The van der Waals surface area contributed by atoms with Crippen LogP contribution in [-0.2, 0) is 10.2 Å². The minimum absolute atomic E-state index is 0.170. The monoisotopic (exact) mass is 327 g/mol. The lowest BCUT2D eigenvalue weighted by atomic mass is 9.76. The van der Waals surface area contributed by atoms with Crippen LogP contribution in [0, 0.1) is 5.92 Å². The van der Waals surface area contributed by atoms with E-state index < -0.39 is 0 Å². The number of benzene rings is 1. The second kappa shape index (κ2) is 5.64. The first-order chi connectivity index (χ1) is 11.0. The molecule has 1 unspecified atom stereocenters. The molecule has 2 nitrogen and oxygen atoms in total. The molecule has 1 saturated heterocycles. The summed E-state index contributed by atoms with van der Waals surface area (Å²) in [6, 6.07) is 9.51. The van der Waals surface area contributed by atoms with Crippen LogP contribution < -0.4 is 5.32 Å². The Morgan fingerprint density at radius 3 is 2.83 bits per heavy atom. The van der Waals surface area contributed by atoms with E-state index in [0.717, 1.165) is 13.0 Å². The van der Waals surface area contributed by atoms with Gasteiger partial charge in [-0.1, -0.05) is 32.9 Å². The van der Waals surface area contributed by atoms with Crippen molar-refractivity contribution in [2.24, 2.45) is 5.92 Å². The van der Waals surface area contributed by atoms with Gasteiger partial charge in [0.25, 0.3) is 0 Å². The first kappa shape index (κ1) is 15.2. The third-order valence-corrected chi connectivity index (χ3v) is 5.94. The van der Waals surface area contributed by atoms with E-state index in [-0.39, 0.29) is 11.5 Å². The maximum Gasteiger partial charge on any atom is 0.0895 e. The van der Waals surface area contributed by atoms with Gasteiger partial charge in [0.15, 0.2) is 0 Å². The van der Waals surface area contributed by atoms with Gasteiger partial charge in [-0.15, -0.1) is 0 Å². The Balaban J connectivity index is 1.78. The van der Waals surface area contributed by atoms with Crippen LogP contribution in [-0.4, -0.2) is 6.61 Å².